The number of pyridine rings is 1. The van der Waals surface area contributed by atoms with Crippen molar-refractivity contribution >= 4 is 22.5 Å². The van der Waals surface area contributed by atoms with Gasteiger partial charge in [0, 0.05) is 49.1 Å². The molecule has 1 amide bonds. The number of rotatable bonds is 6. The molecule has 8 heteroatoms. The quantitative estimate of drug-likeness (QED) is 0.449. The molecule has 0 aromatic carbocycles. The van der Waals surface area contributed by atoms with E-state index in [1.54, 1.807) is 17.8 Å². The van der Waals surface area contributed by atoms with E-state index in [4.69, 9.17) is 9.72 Å². The van der Waals surface area contributed by atoms with Gasteiger partial charge in [0.05, 0.1) is 23.4 Å². The van der Waals surface area contributed by atoms with Crippen LogP contribution in [0.2, 0.25) is 0 Å². The summed E-state index contributed by atoms with van der Waals surface area (Å²) in [7, 11) is 1.76. The van der Waals surface area contributed by atoms with Crippen LogP contribution in [0.1, 0.15) is 61.1 Å². The van der Waals surface area contributed by atoms with E-state index in [0.29, 0.717) is 11.7 Å². The summed E-state index contributed by atoms with van der Waals surface area (Å²) in [6.07, 6.45) is 16.4. The smallest absolute Gasteiger partial charge is 0.255 e. The summed E-state index contributed by atoms with van der Waals surface area (Å²) in [5.41, 5.74) is 4.27. The van der Waals surface area contributed by atoms with Crippen molar-refractivity contribution in [3.8, 4) is 11.1 Å². The van der Waals surface area contributed by atoms with Gasteiger partial charge in [-0.15, -0.1) is 0 Å². The molecule has 4 aromatic heterocycles. The van der Waals surface area contributed by atoms with Crippen LogP contribution in [0.25, 0.3) is 27.7 Å². The minimum atomic E-state index is -0.0732. The van der Waals surface area contributed by atoms with E-state index in [0.717, 1.165) is 71.5 Å². The number of carbonyl (C=O) groups is 1. The lowest BCUT2D eigenvalue weighted by molar-refractivity contribution is 0.0599. The summed E-state index contributed by atoms with van der Waals surface area (Å²) >= 11 is 0. The summed E-state index contributed by atoms with van der Waals surface area (Å²) in [4.78, 5) is 25.8. The number of carbonyl (C=O) groups excluding carboxylic acids is 1. The van der Waals surface area contributed by atoms with E-state index in [1.807, 2.05) is 30.7 Å². The fourth-order valence-electron chi connectivity index (χ4n) is 5.27. The van der Waals surface area contributed by atoms with Gasteiger partial charge in [0.25, 0.3) is 5.91 Å². The average molecular weight is 459 g/mol. The van der Waals surface area contributed by atoms with Gasteiger partial charge >= 0.3 is 0 Å². The highest BCUT2D eigenvalue weighted by Gasteiger charge is 2.24. The van der Waals surface area contributed by atoms with E-state index in [-0.39, 0.29) is 11.9 Å². The van der Waals surface area contributed by atoms with Crippen LogP contribution in [-0.2, 0) is 11.2 Å². The van der Waals surface area contributed by atoms with Crippen molar-refractivity contribution in [2.24, 2.45) is 5.92 Å². The molecule has 2 N–H and O–H groups in total. The summed E-state index contributed by atoms with van der Waals surface area (Å²) in [6, 6.07) is 4.21. The topological polar surface area (TPSA) is 97.2 Å². The first-order valence-corrected chi connectivity index (χ1v) is 12.3. The number of nitrogens with zero attached hydrogens (tertiary/aromatic N) is 4. The number of amides is 1. The Balaban J connectivity index is 1.25. The first-order chi connectivity index (χ1) is 16.7. The third-order valence-electron chi connectivity index (χ3n) is 7.60. The maximum Gasteiger partial charge on any atom is 0.255 e. The molecule has 0 spiro atoms. The Labute approximate surface area is 198 Å². The summed E-state index contributed by atoms with van der Waals surface area (Å²) in [6.45, 7) is 0. The zero-order valence-corrected chi connectivity index (χ0v) is 19.5. The number of nitrogens with one attached hydrogen (secondary N) is 2. The molecule has 4 aromatic rings. The first-order valence-electron chi connectivity index (χ1n) is 12.3. The van der Waals surface area contributed by atoms with Crippen LogP contribution in [0.15, 0.2) is 36.9 Å². The Morgan fingerprint density at radius 1 is 1.21 bits per heavy atom. The van der Waals surface area contributed by atoms with Gasteiger partial charge in [-0.25, -0.2) is 14.5 Å². The lowest BCUT2D eigenvalue weighted by Gasteiger charge is -2.28. The average Bonchev–Trinajstić information content (AvgIpc) is 3.45. The molecule has 2 fully saturated rings. The van der Waals surface area contributed by atoms with Crippen LogP contribution in [0.4, 0.5) is 0 Å². The van der Waals surface area contributed by atoms with E-state index in [9.17, 15) is 4.79 Å². The fourth-order valence-corrected chi connectivity index (χ4v) is 5.27. The van der Waals surface area contributed by atoms with Crippen molar-refractivity contribution in [3.05, 3.63) is 48.3 Å². The number of fused-ring (bicyclic) bond motifs is 2. The van der Waals surface area contributed by atoms with Crippen LogP contribution in [0.3, 0.4) is 0 Å². The van der Waals surface area contributed by atoms with Crippen LogP contribution in [-0.4, -0.2) is 49.7 Å². The standard InChI is InChI=1S/C26H30N6O2/c1-34-19-7-5-18(6-8-19)30-26(33)22-15-29-32-10-9-17(12-23(22)32)20-13-28-25-21(20)14-27-24(31-25)11-16-3-2-4-16/h9-10,12-16,18-19H,2-8,11H2,1H3,(H,30,33)(H,27,28,31)/t18-,19-. The number of ether oxygens (including phenoxy) is 1. The van der Waals surface area contributed by atoms with E-state index in [1.165, 1.54) is 19.3 Å². The van der Waals surface area contributed by atoms with E-state index in [2.05, 4.69) is 20.4 Å². The molecule has 4 heterocycles. The van der Waals surface area contributed by atoms with Gasteiger partial charge in [-0.1, -0.05) is 19.3 Å². The third-order valence-corrected chi connectivity index (χ3v) is 7.60. The van der Waals surface area contributed by atoms with Crippen LogP contribution in [0, 0.1) is 5.92 Å². The molecule has 2 aliphatic carbocycles. The fraction of sp³-hybridized carbons (Fsp3) is 0.462. The zero-order chi connectivity index (χ0) is 23.1. The second kappa shape index (κ2) is 8.83. The molecule has 0 aliphatic heterocycles. The second-order valence-electron chi connectivity index (χ2n) is 9.74. The Morgan fingerprint density at radius 2 is 2.06 bits per heavy atom. The maximum atomic E-state index is 13.1. The molecule has 6 rings (SSSR count). The van der Waals surface area contributed by atoms with E-state index >= 15 is 0 Å². The number of aromatic amines is 1. The Hall–Kier alpha value is -3.26. The summed E-state index contributed by atoms with van der Waals surface area (Å²) < 4.78 is 7.20. The Kier molecular flexibility index (Phi) is 5.53. The highest BCUT2D eigenvalue weighted by Crippen LogP contribution is 2.31. The van der Waals surface area contributed by atoms with E-state index < -0.39 is 0 Å². The molecular weight excluding hydrogens is 428 g/mol. The second-order valence-corrected chi connectivity index (χ2v) is 9.74. The molecular formula is C26H30N6O2. The molecule has 0 unspecified atom stereocenters. The first kappa shape index (κ1) is 21.3. The minimum absolute atomic E-state index is 0.0732. The maximum absolute atomic E-state index is 13.1. The molecule has 2 aliphatic rings. The van der Waals surface area contributed by atoms with Gasteiger partial charge < -0.3 is 15.0 Å². The minimum Gasteiger partial charge on any atom is -0.381 e. The number of H-pyrrole nitrogens is 1. The molecule has 0 atom stereocenters. The molecule has 0 radical (unpaired) electrons. The van der Waals surface area contributed by atoms with Crippen LogP contribution in [0.5, 0.6) is 0 Å². The predicted octanol–water partition coefficient (Wildman–Crippen LogP) is 4.30. The van der Waals surface area contributed by atoms with Gasteiger partial charge in [-0.3, -0.25) is 4.79 Å². The predicted molar refractivity (Wildman–Crippen MR) is 130 cm³/mol. The number of hydrogen-bond donors (Lipinski definition) is 2. The van der Waals surface area contributed by atoms with Crippen molar-refractivity contribution in [1.29, 1.82) is 0 Å². The molecule has 0 bridgehead atoms. The normalized spacial score (nSPS) is 21.1. The van der Waals surface area contributed by atoms with Gasteiger partial charge in [0.15, 0.2) is 0 Å². The molecule has 2 saturated carbocycles. The largest absolute Gasteiger partial charge is 0.381 e. The van der Waals surface area contributed by atoms with Gasteiger partial charge in [-0.05, 0) is 49.3 Å². The Bertz CT molecular complexity index is 1330. The molecule has 176 valence electrons. The van der Waals surface area contributed by atoms with Crippen molar-refractivity contribution in [1.82, 2.24) is 29.9 Å². The van der Waals surface area contributed by atoms with Crippen molar-refractivity contribution in [2.75, 3.05) is 7.11 Å². The van der Waals surface area contributed by atoms with Crippen molar-refractivity contribution < 1.29 is 9.53 Å². The molecule has 0 saturated heterocycles. The van der Waals surface area contributed by atoms with Crippen LogP contribution < -0.4 is 5.32 Å². The zero-order valence-electron chi connectivity index (χ0n) is 19.5. The van der Waals surface area contributed by atoms with Crippen LogP contribution >= 0.6 is 0 Å². The van der Waals surface area contributed by atoms with Crippen molar-refractivity contribution in [3.63, 3.8) is 0 Å². The third kappa shape index (κ3) is 3.96. The van der Waals surface area contributed by atoms with Gasteiger partial charge in [0.2, 0.25) is 0 Å². The molecule has 8 nitrogen and oxygen atoms in total. The number of methoxy groups -OCH3 is 1. The van der Waals surface area contributed by atoms with Gasteiger partial charge in [0.1, 0.15) is 11.5 Å². The SMILES string of the molecule is CO[C@H]1CC[C@H](NC(=O)c2cnn3ccc(-c4c[nH]c5nc(CC6CCC6)ncc45)cc23)CC1. The highest BCUT2D eigenvalue weighted by molar-refractivity contribution is 6.02. The van der Waals surface area contributed by atoms with Gasteiger partial charge in [-0.2, -0.15) is 5.10 Å². The highest BCUT2D eigenvalue weighted by atomic mass is 16.5. The molecule has 34 heavy (non-hydrogen) atoms. The lowest BCUT2D eigenvalue weighted by Crippen LogP contribution is -2.38. The summed E-state index contributed by atoms with van der Waals surface area (Å²) in [5.74, 6) is 1.57. The Morgan fingerprint density at radius 3 is 2.82 bits per heavy atom. The number of aromatic nitrogens is 5. The van der Waals surface area contributed by atoms with Crippen molar-refractivity contribution in [2.45, 2.75) is 63.5 Å². The lowest BCUT2D eigenvalue weighted by atomic mass is 9.83. The number of hydrogen-bond acceptors (Lipinski definition) is 5. The summed E-state index contributed by atoms with van der Waals surface area (Å²) in [5, 5.41) is 8.59. The monoisotopic (exact) mass is 458 g/mol.